The Balaban J connectivity index is 2.17. The lowest BCUT2D eigenvalue weighted by Crippen LogP contribution is -2.44. The highest BCUT2D eigenvalue weighted by atomic mass is 127. The molecule has 0 aromatic heterocycles. The van der Waals surface area contributed by atoms with Crippen LogP contribution < -0.4 is 0 Å². The van der Waals surface area contributed by atoms with Gasteiger partial charge in [0.25, 0.3) is 5.91 Å². The summed E-state index contributed by atoms with van der Waals surface area (Å²) in [4.78, 5) is 25.1. The molecule has 4 nitrogen and oxygen atoms in total. The van der Waals surface area contributed by atoms with Gasteiger partial charge in [-0.05, 0) is 60.1 Å². The molecule has 0 spiro atoms. The van der Waals surface area contributed by atoms with Crippen molar-refractivity contribution < 1.29 is 14.7 Å². The van der Waals surface area contributed by atoms with E-state index < -0.39 is 5.97 Å². The molecule has 1 heterocycles. The monoisotopic (exact) mass is 373 g/mol. The molecular formula is C14H16INO3. The lowest BCUT2D eigenvalue weighted by atomic mass is 9.98. The molecule has 1 amide bonds. The molecule has 102 valence electrons. The zero-order valence-electron chi connectivity index (χ0n) is 10.5. The maximum absolute atomic E-state index is 12.5. The van der Waals surface area contributed by atoms with Crippen molar-refractivity contribution >= 4 is 34.5 Å². The molecule has 1 aliphatic heterocycles. The molecule has 1 aromatic carbocycles. The van der Waals surface area contributed by atoms with Crippen LogP contribution in [-0.2, 0) is 4.79 Å². The molecule has 0 radical (unpaired) electrons. The largest absolute Gasteiger partial charge is 0.481 e. The van der Waals surface area contributed by atoms with Crippen LogP contribution >= 0.6 is 22.6 Å². The van der Waals surface area contributed by atoms with Crippen molar-refractivity contribution in [1.82, 2.24) is 4.90 Å². The third kappa shape index (κ3) is 3.68. The molecule has 0 aliphatic carbocycles. The van der Waals surface area contributed by atoms with Crippen LogP contribution in [0, 0.1) is 3.57 Å². The highest BCUT2D eigenvalue weighted by Gasteiger charge is 2.29. The van der Waals surface area contributed by atoms with Crippen LogP contribution in [0.2, 0.25) is 0 Å². The van der Waals surface area contributed by atoms with Gasteiger partial charge in [-0.25, -0.2) is 0 Å². The van der Waals surface area contributed by atoms with Crippen molar-refractivity contribution in [3.63, 3.8) is 0 Å². The van der Waals surface area contributed by atoms with Gasteiger partial charge in [-0.15, -0.1) is 0 Å². The van der Waals surface area contributed by atoms with Gasteiger partial charge in [-0.2, -0.15) is 0 Å². The molecule has 2 rings (SSSR count). The van der Waals surface area contributed by atoms with Gasteiger partial charge in [0.2, 0.25) is 0 Å². The number of likely N-dealkylation sites (tertiary alicyclic amines) is 1. The Hall–Kier alpha value is -1.11. The molecule has 1 unspecified atom stereocenters. The van der Waals surface area contributed by atoms with E-state index in [9.17, 15) is 9.59 Å². The SMILES string of the molecule is O=C(O)CC1CCCCN1C(=O)c1cccc(I)c1. The molecule has 1 N–H and O–H groups in total. The topological polar surface area (TPSA) is 57.6 Å². The summed E-state index contributed by atoms with van der Waals surface area (Å²) in [6, 6.07) is 7.25. The van der Waals surface area contributed by atoms with Gasteiger partial charge in [0.05, 0.1) is 6.42 Å². The average Bonchev–Trinajstić information content (AvgIpc) is 2.38. The normalized spacial score (nSPS) is 19.2. The lowest BCUT2D eigenvalue weighted by Gasteiger charge is -2.35. The predicted molar refractivity (Wildman–Crippen MR) is 80.1 cm³/mol. The minimum atomic E-state index is -0.840. The molecule has 1 atom stereocenters. The van der Waals surface area contributed by atoms with Crippen LogP contribution in [0.1, 0.15) is 36.0 Å². The molecule has 1 saturated heterocycles. The number of rotatable bonds is 3. The average molecular weight is 373 g/mol. The van der Waals surface area contributed by atoms with E-state index in [0.717, 1.165) is 22.8 Å². The fourth-order valence-corrected chi connectivity index (χ4v) is 3.01. The molecule has 1 aromatic rings. The number of nitrogens with zero attached hydrogens (tertiary/aromatic N) is 1. The number of benzene rings is 1. The Morgan fingerprint density at radius 3 is 2.84 bits per heavy atom. The molecule has 1 fully saturated rings. The fourth-order valence-electron chi connectivity index (χ4n) is 2.47. The van der Waals surface area contributed by atoms with E-state index in [0.29, 0.717) is 12.1 Å². The number of carboxylic acid groups (broad SMARTS) is 1. The van der Waals surface area contributed by atoms with Crippen LogP contribution in [0.25, 0.3) is 0 Å². The summed E-state index contributed by atoms with van der Waals surface area (Å²) in [6.45, 7) is 0.655. The van der Waals surface area contributed by atoms with Gasteiger partial charge in [0.1, 0.15) is 0 Å². The Bertz CT molecular complexity index is 489. The highest BCUT2D eigenvalue weighted by molar-refractivity contribution is 14.1. The first-order valence-corrected chi connectivity index (χ1v) is 7.44. The first-order chi connectivity index (χ1) is 9.08. The summed E-state index contributed by atoms with van der Waals surface area (Å²) in [7, 11) is 0. The molecule has 0 bridgehead atoms. The summed E-state index contributed by atoms with van der Waals surface area (Å²) in [5.41, 5.74) is 0.643. The third-order valence-electron chi connectivity index (χ3n) is 3.37. The van der Waals surface area contributed by atoms with Crippen LogP contribution in [-0.4, -0.2) is 34.5 Å². The van der Waals surface area contributed by atoms with Crippen molar-refractivity contribution in [2.45, 2.75) is 31.7 Å². The number of hydrogen-bond donors (Lipinski definition) is 1. The number of aliphatic carboxylic acids is 1. The number of halogens is 1. The maximum atomic E-state index is 12.5. The minimum absolute atomic E-state index is 0.0374. The number of piperidine rings is 1. The van der Waals surface area contributed by atoms with E-state index in [1.807, 2.05) is 18.2 Å². The summed E-state index contributed by atoms with van der Waals surface area (Å²) < 4.78 is 1.01. The van der Waals surface area contributed by atoms with Gasteiger partial charge in [-0.3, -0.25) is 9.59 Å². The second-order valence-corrected chi connectivity index (χ2v) is 6.00. The minimum Gasteiger partial charge on any atom is -0.481 e. The summed E-state index contributed by atoms with van der Waals surface area (Å²) in [6.07, 6.45) is 2.76. The van der Waals surface area contributed by atoms with Crippen LogP contribution in [0.5, 0.6) is 0 Å². The van der Waals surface area contributed by atoms with Gasteiger partial charge in [0, 0.05) is 21.7 Å². The van der Waals surface area contributed by atoms with E-state index >= 15 is 0 Å². The molecule has 0 saturated carbocycles. The first-order valence-electron chi connectivity index (χ1n) is 6.36. The third-order valence-corrected chi connectivity index (χ3v) is 4.04. The second kappa shape index (κ2) is 6.36. The smallest absolute Gasteiger partial charge is 0.305 e. The van der Waals surface area contributed by atoms with Gasteiger partial charge in [-0.1, -0.05) is 6.07 Å². The van der Waals surface area contributed by atoms with Crippen molar-refractivity contribution in [3.8, 4) is 0 Å². The van der Waals surface area contributed by atoms with Gasteiger partial charge >= 0.3 is 5.97 Å². The maximum Gasteiger partial charge on any atom is 0.305 e. The number of carbonyl (C=O) groups excluding carboxylic acids is 1. The molecule has 19 heavy (non-hydrogen) atoms. The lowest BCUT2D eigenvalue weighted by molar-refractivity contribution is -0.138. The molecular weight excluding hydrogens is 357 g/mol. The standard InChI is InChI=1S/C14H16INO3/c15-11-5-3-4-10(8-11)14(19)16-7-2-1-6-12(16)9-13(17)18/h3-5,8,12H,1-2,6-7,9H2,(H,17,18). The van der Waals surface area contributed by atoms with Crippen molar-refractivity contribution in [2.75, 3.05) is 6.54 Å². The van der Waals surface area contributed by atoms with Crippen LogP contribution in [0.15, 0.2) is 24.3 Å². The number of hydrogen-bond acceptors (Lipinski definition) is 2. The van der Waals surface area contributed by atoms with Crippen LogP contribution in [0.4, 0.5) is 0 Å². The first kappa shape index (κ1) is 14.3. The van der Waals surface area contributed by atoms with Gasteiger partial charge in [0.15, 0.2) is 0 Å². The van der Waals surface area contributed by atoms with Gasteiger partial charge < -0.3 is 10.0 Å². The predicted octanol–water partition coefficient (Wildman–Crippen LogP) is 2.76. The Kier molecular flexibility index (Phi) is 4.79. The quantitative estimate of drug-likeness (QED) is 0.830. The van der Waals surface area contributed by atoms with Crippen LogP contribution in [0.3, 0.4) is 0 Å². The summed E-state index contributed by atoms with van der Waals surface area (Å²) in [5, 5.41) is 8.94. The van der Waals surface area contributed by atoms with E-state index in [1.54, 1.807) is 11.0 Å². The molecule has 5 heteroatoms. The fraction of sp³-hybridized carbons (Fsp3) is 0.429. The van der Waals surface area contributed by atoms with E-state index in [-0.39, 0.29) is 18.4 Å². The van der Waals surface area contributed by atoms with Crippen molar-refractivity contribution in [3.05, 3.63) is 33.4 Å². The van der Waals surface area contributed by atoms with Crippen molar-refractivity contribution in [1.29, 1.82) is 0 Å². The Labute approximate surface area is 125 Å². The Morgan fingerprint density at radius 1 is 1.37 bits per heavy atom. The van der Waals surface area contributed by atoms with E-state index in [2.05, 4.69) is 22.6 Å². The highest BCUT2D eigenvalue weighted by Crippen LogP contribution is 2.22. The number of amides is 1. The molecule has 1 aliphatic rings. The van der Waals surface area contributed by atoms with E-state index in [4.69, 9.17) is 5.11 Å². The number of carbonyl (C=O) groups is 2. The van der Waals surface area contributed by atoms with Crippen molar-refractivity contribution in [2.24, 2.45) is 0 Å². The number of carboxylic acids is 1. The summed E-state index contributed by atoms with van der Waals surface area (Å²) in [5.74, 6) is -0.892. The van der Waals surface area contributed by atoms with E-state index in [1.165, 1.54) is 0 Å². The summed E-state index contributed by atoms with van der Waals surface area (Å²) >= 11 is 2.17. The zero-order chi connectivity index (χ0) is 13.8. The second-order valence-electron chi connectivity index (χ2n) is 4.76. The zero-order valence-corrected chi connectivity index (χ0v) is 12.7. The Morgan fingerprint density at radius 2 is 2.16 bits per heavy atom.